The van der Waals surface area contributed by atoms with Crippen molar-refractivity contribution in [2.75, 3.05) is 7.05 Å². The van der Waals surface area contributed by atoms with Gasteiger partial charge in [-0.3, -0.25) is 14.4 Å². The molecule has 0 aromatic heterocycles. The predicted molar refractivity (Wildman–Crippen MR) is 131 cm³/mol. The number of rotatable bonds is 7. The molecule has 0 heterocycles. The molecule has 1 aliphatic rings. The summed E-state index contributed by atoms with van der Waals surface area (Å²) in [5.41, 5.74) is 0. The molecule has 1 fully saturated rings. The zero-order valence-corrected chi connectivity index (χ0v) is 22.6. The summed E-state index contributed by atoms with van der Waals surface area (Å²) in [7, 11) is 1.84. The Kier molecular flexibility index (Phi) is 15.5. The molecule has 1 saturated carbocycles. The Labute approximate surface area is 192 Å². The first kappa shape index (κ1) is 31.6. The molecule has 0 atom stereocenters. The van der Waals surface area contributed by atoms with Crippen molar-refractivity contribution in [2.45, 2.75) is 120 Å². The molecular formula is C25H51N3O3. The fourth-order valence-electron chi connectivity index (χ4n) is 2.62. The summed E-state index contributed by atoms with van der Waals surface area (Å²) < 4.78 is 0. The Morgan fingerprint density at radius 3 is 1.26 bits per heavy atom. The SMILES string of the molecule is CC(C)C(=O)N(C(C)C)C1CC1.CC(C)C(=O)N(C)C(C)C.CC(C)NC(=O)C(C)C. The number of carbonyl (C=O) groups excluding carboxylic acids is 3. The van der Waals surface area contributed by atoms with Crippen LogP contribution in [0.15, 0.2) is 0 Å². The molecule has 0 aliphatic heterocycles. The lowest BCUT2D eigenvalue weighted by Crippen LogP contribution is -2.41. The van der Waals surface area contributed by atoms with Crippen LogP contribution in [-0.4, -0.2) is 58.7 Å². The third-order valence-corrected chi connectivity index (χ3v) is 4.82. The van der Waals surface area contributed by atoms with Crippen LogP contribution in [0.5, 0.6) is 0 Å². The smallest absolute Gasteiger partial charge is 0.225 e. The van der Waals surface area contributed by atoms with Crippen LogP contribution in [0.25, 0.3) is 0 Å². The van der Waals surface area contributed by atoms with E-state index in [2.05, 4.69) is 19.2 Å². The molecule has 0 aromatic rings. The molecule has 0 radical (unpaired) electrons. The van der Waals surface area contributed by atoms with Crippen LogP contribution in [0.2, 0.25) is 0 Å². The fraction of sp³-hybridized carbons (Fsp3) is 0.880. The van der Waals surface area contributed by atoms with Crippen LogP contribution in [0.3, 0.4) is 0 Å². The fourth-order valence-corrected chi connectivity index (χ4v) is 2.62. The molecule has 6 nitrogen and oxygen atoms in total. The van der Waals surface area contributed by atoms with Gasteiger partial charge in [-0.05, 0) is 54.4 Å². The summed E-state index contributed by atoms with van der Waals surface area (Å²) >= 11 is 0. The van der Waals surface area contributed by atoms with Crippen molar-refractivity contribution in [1.29, 1.82) is 0 Å². The minimum Gasteiger partial charge on any atom is -0.354 e. The van der Waals surface area contributed by atoms with Gasteiger partial charge in [0.2, 0.25) is 17.7 Å². The number of nitrogens with one attached hydrogen (secondary N) is 1. The van der Waals surface area contributed by atoms with Gasteiger partial charge >= 0.3 is 0 Å². The third kappa shape index (κ3) is 14.2. The highest BCUT2D eigenvalue weighted by Gasteiger charge is 2.34. The zero-order chi connectivity index (χ0) is 25.0. The molecule has 1 rings (SSSR count). The Balaban J connectivity index is 0. The van der Waals surface area contributed by atoms with E-state index >= 15 is 0 Å². The van der Waals surface area contributed by atoms with E-state index in [1.165, 1.54) is 12.8 Å². The second-order valence-electron chi connectivity index (χ2n) is 10.2. The number of nitrogens with zero attached hydrogens (tertiary/aromatic N) is 2. The van der Waals surface area contributed by atoms with Gasteiger partial charge in [0.25, 0.3) is 0 Å². The third-order valence-electron chi connectivity index (χ3n) is 4.82. The maximum Gasteiger partial charge on any atom is 0.225 e. The molecule has 31 heavy (non-hydrogen) atoms. The van der Waals surface area contributed by atoms with Gasteiger partial charge in [-0.1, -0.05) is 41.5 Å². The summed E-state index contributed by atoms with van der Waals surface area (Å²) in [4.78, 5) is 37.6. The Bertz CT molecular complexity index is 534. The molecule has 1 aliphatic carbocycles. The summed E-state index contributed by atoms with van der Waals surface area (Å²) in [5.74, 6) is 1.03. The summed E-state index contributed by atoms with van der Waals surface area (Å²) in [6.45, 7) is 23.7. The van der Waals surface area contributed by atoms with Gasteiger partial charge in [0.05, 0.1) is 0 Å². The van der Waals surface area contributed by atoms with Crippen LogP contribution in [0.1, 0.15) is 95.9 Å². The van der Waals surface area contributed by atoms with Gasteiger partial charge < -0.3 is 15.1 Å². The lowest BCUT2D eigenvalue weighted by atomic mass is 10.1. The van der Waals surface area contributed by atoms with Crippen molar-refractivity contribution < 1.29 is 14.4 Å². The minimum atomic E-state index is 0.104. The zero-order valence-electron chi connectivity index (χ0n) is 22.6. The van der Waals surface area contributed by atoms with Crippen molar-refractivity contribution in [3.8, 4) is 0 Å². The van der Waals surface area contributed by atoms with E-state index in [0.717, 1.165) is 0 Å². The average Bonchev–Trinajstić information content (AvgIpc) is 3.45. The summed E-state index contributed by atoms with van der Waals surface area (Å²) in [6.07, 6.45) is 2.41. The van der Waals surface area contributed by atoms with E-state index in [-0.39, 0.29) is 35.6 Å². The average molecular weight is 442 g/mol. The van der Waals surface area contributed by atoms with E-state index in [4.69, 9.17) is 0 Å². The quantitative estimate of drug-likeness (QED) is 0.621. The van der Waals surface area contributed by atoms with Crippen LogP contribution in [-0.2, 0) is 14.4 Å². The summed E-state index contributed by atoms with van der Waals surface area (Å²) in [6, 6.07) is 1.50. The molecule has 0 aromatic carbocycles. The highest BCUT2D eigenvalue weighted by molar-refractivity contribution is 5.79. The van der Waals surface area contributed by atoms with E-state index in [9.17, 15) is 14.4 Å². The van der Waals surface area contributed by atoms with Crippen LogP contribution in [0.4, 0.5) is 0 Å². The van der Waals surface area contributed by atoms with Crippen molar-refractivity contribution >= 4 is 17.7 Å². The Hall–Kier alpha value is -1.59. The van der Waals surface area contributed by atoms with Crippen molar-refractivity contribution in [2.24, 2.45) is 17.8 Å². The van der Waals surface area contributed by atoms with E-state index < -0.39 is 0 Å². The van der Waals surface area contributed by atoms with Crippen LogP contribution < -0.4 is 5.32 Å². The van der Waals surface area contributed by atoms with Crippen LogP contribution >= 0.6 is 0 Å². The van der Waals surface area contributed by atoms with Crippen molar-refractivity contribution in [3.63, 3.8) is 0 Å². The molecule has 0 spiro atoms. The van der Waals surface area contributed by atoms with E-state index in [0.29, 0.717) is 24.0 Å². The Morgan fingerprint density at radius 1 is 0.677 bits per heavy atom. The van der Waals surface area contributed by atoms with Crippen molar-refractivity contribution in [1.82, 2.24) is 15.1 Å². The van der Waals surface area contributed by atoms with Gasteiger partial charge in [0.15, 0.2) is 0 Å². The first-order chi connectivity index (χ1) is 14.0. The molecule has 0 unspecified atom stereocenters. The van der Waals surface area contributed by atoms with E-state index in [1.807, 2.05) is 81.2 Å². The molecule has 0 saturated heterocycles. The van der Waals surface area contributed by atoms with Gasteiger partial charge in [-0.15, -0.1) is 0 Å². The number of carbonyl (C=O) groups is 3. The maximum absolute atomic E-state index is 11.7. The number of hydrogen-bond acceptors (Lipinski definition) is 3. The molecule has 0 bridgehead atoms. The molecular weight excluding hydrogens is 390 g/mol. The lowest BCUT2D eigenvalue weighted by Gasteiger charge is -2.28. The second kappa shape index (κ2) is 15.3. The highest BCUT2D eigenvalue weighted by atomic mass is 16.2. The highest BCUT2D eigenvalue weighted by Crippen LogP contribution is 2.29. The molecule has 1 N–H and O–H groups in total. The van der Waals surface area contributed by atoms with Crippen LogP contribution in [0, 0.1) is 17.8 Å². The first-order valence-electron chi connectivity index (χ1n) is 11.9. The topological polar surface area (TPSA) is 69.7 Å². The van der Waals surface area contributed by atoms with Gasteiger partial charge in [-0.25, -0.2) is 0 Å². The lowest BCUT2D eigenvalue weighted by molar-refractivity contribution is -0.137. The monoisotopic (exact) mass is 441 g/mol. The van der Waals surface area contributed by atoms with Gasteiger partial charge in [0.1, 0.15) is 0 Å². The molecule has 6 heteroatoms. The molecule has 3 amide bonds. The summed E-state index contributed by atoms with van der Waals surface area (Å²) in [5, 5.41) is 2.80. The predicted octanol–water partition coefficient (Wildman–Crippen LogP) is 4.72. The first-order valence-corrected chi connectivity index (χ1v) is 11.9. The number of hydrogen-bond donors (Lipinski definition) is 1. The standard InChI is InChI=1S/C10H19NO.C8H17NO.C7H15NO/c1-7(2)10(12)11(8(3)4)9-5-6-9;1-6(2)8(10)9(5)7(3)4;1-5(2)7(9)8-6(3)4/h7-9H,5-6H2,1-4H3;6-7H,1-5H3;5-6H,1-4H3,(H,8,9). The van der Waals surface area contributed by atoms with Gasteiger partial charge in [0, 0.05) is 49.0 Å². The number of amides is 3. The van der Waals surface area contributed by atoms with Crippen molar-refractivity contribution in [3.05, 3.63) is 0 Å². The Morgan fingerprint density at radius 2 is 1.10 bits per heavy atom. The van der Waals surface area contributed by atoms with Gasteiger partial charge in [-0.2, -0.15) is 0 Å². The van der Waals surface area contributed by atoms with E-state index in [1.54, 1.807) is 4.90 Å². The largest absolute Gasteiger partial charge is 0.354 e. The maximum atomic E-state index is 11.7. The minimum absolute atomic E-state index is 0.104. The molecule has 184 valence electrons. The normalized spacial score (nSPS) is 13.1. The second-order valence-corrected chi connectivity index (χ2v) is 10.2.